The predicted molar refractivity (Wildman–Crippen MR) is 112 cm³/mol. The highest BCUT2D eigenvalue weighted by Gasteiger charge is 2.40. The molecule has 154 valence electrons. The van der Waals surface area contributed by atoms with E-state index in [0.717, 1.165) is 55.9 Å². The number of nitrogens with zero attached hydrogens (tertiary/aromatic N) is 3. The summed E-state index contributed by atoms with van der Waals surface area (Å²) in [6, 6.07) is 8.31. The number of ether oxygens (including phenoxy) is 1. The van der Waals surface area contributed by atoms with Gasteiger partial charge < -0.3 is 15.0 Å². The quantitative estimate of drug-likeness (QED) is 0.803. The largest absolute Gasteiger partial charge is 0.379 e. The summed E-state index contributed by atoms with van der Waals surface area (Å²) >= 11 is 0. The van der Waals surface area contributed by atoms with Gasteiger partial charge in [0.15, 0.2) is 0 Å². The Balaban J connectivity index is 1.26. The Morgan fingerprint density at radius 1 is 1.18 bits per heavy atom. The fourth-order valence-electron chi connectivity index (χ4n) is 5.01. The average molecular weight is 387 g/mol. The normalized spacial score (nSPS) is 30.2. The number of fused-ring (bicyclic) bond motifs is 3. The van der Waals surface area contributed by atoms with Crippen molar-refractivity contribution in [3.63, 3.8) is 0 Å². The van der Waals surface area contributed by atoms with Gasteiger partial charge in [0.25, 0.3) is 5.91 Å². The maximum absolute atomic E-state index is 12.5. The number of morpholine rings is 1. The topological polar surface area (TPSA) is 48.1 Å². The number of piperidine rings is 3. The summed E-state index contributed by atoms with van der Waals surface area (Å²) in [5.41, 5.74) is 1.85. The summed E-state index contributed by atoms with van der Waals surface area (Å²) in [4.78, 5) is 19.8. The van der Waals surface area contributed by atoms with Gasteiger partial charge in [-0.25, -0.2) is 0 Å². The van der Waals surface area contributed by atoms with Crippen LogP contribution < -0.4 is 10.2 Å². The molecule has 4 aliphatic rings. The highest BCUT2D eigenvalue weighted by molar-refractivity contribution is 5.94. The summed E-state index contributed by atoms with van der Waals surface area (Å²) in [7, 11) is 4.02. The average Bonchev–Trinajstić information content (AvgIpc) is 2.73. The second-order valence-corrected chi connectivity index (χ2v) is 8.76. The molecule has 4 fully saturated rings. The number of carbonyl (C=O) groups is 1. The van der Waals surface area contributed by atoms with Gasteiger partial charge in [0.1, 0.15) is 0 Å². The lowest BCUT2D eigenvalue weighted by molar-refractivity contribution is -0.0292. The first-order valence-electron chi connectivity index (χ1n) is 10.7. The van der Waals surface area contributed by atoms with Crippen LogP contribution in [0.5, 0.6) is 0 Å². The molecule has 0 spiro atoms. The van der Waals surface area contributed by atoms with Crippen LogP contribution in [0.2, 0.25) is 0 Å². The molecule has 1 unspecified atom stereocenters. The first kappa shape index (κ1) is 19.7. The van der Waals surface area contributed by atoms with Crippen LogP contribution in [0, 0.1) is 11.8 Å². The molecular weight excluding hydrogens is 352 g/mol. The minimum atomic E-state index is 0.0396. The smallest absolute Gasteiger partial charge is 0.251 e. The van der Waals surface area contributed by atoms with Crippen LogP contribution in [0.1, 0.15) is 23.2 Å². The Morgan fingerprint density at radius 3 is 2.57 bits per heavy atom. The zero-order valence-electron chi connectivity index (χ0n) is 17.3. The van der Waals surface area contributed by atoms with Crippen molar-refractivity contribution in [1.29, 1.82) is 0 Å². The molecule has 28 heavy (non-hydrogen) atoms. The molecule has 0 radical (unpaired) electrons. The summed E-state index contributed by atoms with van der Waals surface area (Å²) in [6.45, 7) is 8.25. The standard InChI is InChI=1S/C22H34N4O2/c1-24(2)20-5-3-17(4-6-20)22(27)23-14-21-13-18-7-8-26(21)16-19(18)15-25-9-11-28-12-10-25/h3-6,18-19,21H,7-16H2,1-2H3,(H,23,27)/t18-,19+,21+/m1/s1. The van der Waals surface area contributed by atoms with Gasteiger partial charge in [0.05, 0.1) is 13.2 Å². The van der Waals surface area contributed by atoms with E-state index in [2.05, 4.69) is 15.1 Å². The number of carbonyl (C=O) groups excluding carboxylic acids is 1. The molecule has 1 amide bonds. The van der Waals surface area contributed by atoms with Gasteiger partial charge in [0, 0.05) is 64.1 Å². The van der Waals surface area contributed by atoms with Crippen LogP contribution in [0.4, 0.5) is 5.69 Å². The molecular formula is C22H34N4O2. The van der Waals surface area contributed by atoms with E-state index in [9.17, 15) is 4.79 Å². The zero-order valence-corrected chi connectivity index (χ0v) is 17.3. The molecule has 4 atom stereocenters. The Labute approximate surface area is 168 Å². The van der Waals surface area contributed by atoms with Gasteiger partial charge in [-0.15, -0.1) is 0 Å². The van der Waals surface area contributed by atoms with Gasteiger partial charge in [0.2, 0.25) is 0 Å². The van der Waals surface area contributed by atoms with Gasteiger partial charge in [-0.3, -0.25) is 14.6 Å². The van der Waals surface area contributed by atoms with Crippen molar-refractivity contribution >= 4 is 11.6 Å². The van der Waals surface area contributed by atoms with E-state index in [1.54, 1.807) is 0 Å². The Morgan fingerprint density at radius 2 is 1.93 bits per heavy atom. The summed E-state index contributed by atoms with van der Waals surface area (Å²) in [5.74, 6) is 1.62. The summed E-state index contributed by atoms with van der Waals surface area (Å²) < 4.78 is 5.48. The van der Waals surface area contributed by atoms with E-state index >= 15 is 0 Å². The number of anilines is 1. The minimum Gasteiger partial charge on any atom is -0.379 e. The van der Waals surface area contributed by atoms with E-state index in [-0.39, 0.29) is 5.91 Å². The van der Waals surface area contributed by atoms with Crippen LogP contribution in [-0.2, 0) is 4.74 Å². The highest BCUT2D eigenvalue weighted by Crippen LogP contribution is 2.36. The fraction of sp³-hybridized carbons (Fsp3) is 0.682. The number of hydrogen-bond donors (Lipinski definition) is 1. The molecule has 1 aromatic carbocycles. The SMILES string of the molecule is CN(C)c1ccc(C(=O)NC[C@@H]2C[C@H]3CCN2C[C@@H]3CN2CCOCC2)cc1. The van der Waals surface area contributed by atoms with Crippen molar-refractivity contribution in [2.45, 2.75) is 18.9 Å². The lowest BCUT2D eigenvalue weighted by atomic mass is 9.75. The van der Waals surface area contributed by atoms with Crippen LogP contribution in [0.25, 0.3) is 0 Å². The van der Waals surface area contributed by atoms with Crippen LogP contribution in [0.3, 0.4) is 0 Å². The molecule has 0 saturated carbocycles. The molecule has 4 heterocycles. The van der Waals surface area contributed by atoms with Crippen LogP contribution >= 0.6 is 0 Å². The van der Waals surface area contributed by atoms with Crippen LogP contribution in [0.15, 0.2) is 24.3 Å². The first-order valence-corrected chi connectivity index (χ1v) is 10.7. The lowest BCUT2D eigenvalue weighted by Crippen LogP contribution is -2.58. The van der Waals surface area contributed by atoms with Crippen molar-refractivity contribution in [3.05, 3.63) is 29.8 Å². The summed E-state index contributed by atoms with van der Waals surface area (Å²) in [6.07, 6.45) is 2.53. The highest BCUT2D eigenvalue weighted by atomic mass is 16.5. The van der Waals surface area contributed by atoms with Gasteiger partial charge in [-0.05, 0) is 55.5 Å². The molecule has 1 N–H and O–H groups in total. The third kappa shape index (κ3) is 4.50. The molecule has 0 aliphatic carbocycles. The number of nitrogens with one attached hydrogen (secondary N) is 1. The van der Waals surface area contributed by atoms with Crippen molar-refractivity contribution in [2.24, 2.45) is 11.8 Å². The van der Waals surface area contributed by atoms with Crippen molar-refractivity contribution in [1.82, 2.24) is 15.1 Å². The van der Waals surface area contributed by atoms with Crippen molar-refractivity contribution in [2.75, 3.05) is 71.5 Å². The second-order valence-electron chi connectivity index (χ2n) is 8.76. The second kappa shape index (κ2) is 8.80. The van der Waals surface area contributed by atoms with E-state index < -0.39 is 0 Å². The minimum absolute atomic E-state index is 0.0396. The fourth-order valence-corrected chi connectivity index (χ4v) is 5.01. The maximum Gasteiger partial charge on any atom is 0.251 e. The number of hydrogen-bond acceptors (Lipinski definition) is 5. The van der Waals surface area contributed by atoms with E-state index in [0.29, 0.717) is 6.04 Å². The number of benzene rings is 1. The van der Waals surface area contributed by atoms with Gasteiger partial charge >= 0.3 is 0 Å². The maximum atomic E-state index is 12.5. The third-order valence-electron chi connectivity index (χ3n) is 6.75. The lowest BCUT2D eigenvalue weighted by Gasteiger charge is -2.51. The number of rotatable bonds is 6. The molecule has 4 saturated heterocycles. The first-order chi connectivity index (χ1) is 13.6. The van der Waals surface area contributed by atoms with E-state index in [1.165, 1.54) is 32.5 Å². The molecule has 5 rings (SSSR count). The summed E-state index contributed by atoms with van der Waals surface area (Å²) in [5, 5.41) is 3.18. The van der Waals surface area contributed by atoms with Crippen LogP contribution in [-0.4, -0.2) is 88.3 Å². The third-order valence-corrected chi connectivity index (χ3v) is 6.75. The molecule has 6 heteroatoms. The zero-order chi connectivity index (χ0) is 19.5. The van der Waals surface area contributed by atoms with E-state index in [4.69, 9.17) is 4.74 Å². The van der Waals surface area contributed by atoms with Gasteiger partial charge in [-0.2, -0.15) is 0 Å². The Bertz CT molecular complexity index is 657. The number of amides is 1. The molecule has 6 nitrogen and oxygen atoms in total. The molecule has 2 bridgehead atoms. The molecule has 4 aliphatic heterocycles. The Hall–Kier alpha value is -1.63. The predicted octanol–water partition coefficient (Wildman–Crippen LogP) is 1.53. The monoisotopic (exact) mass is 386 g/mol. The van der Waals surface area contributed by atoms with E-state index in [1.807, 2.05) is 43.3 Å². The van der Waals surface area contributed by atoms with Crippen molar-refractivity contribution < 1.29 is 9.53 Å². The van der Waals surface area contributed by atoms with Gasteiger partial charge in [-0.1, -0.05) is 0 Å². The Kier molecular flexibility index (Phi) is 6.19. The molecule has 1 aromatic rings. The van der Waals surface area contributed by atoms with Crippen molar-refractivity contribution in [3.8, 4) is 0 Å². The molecule has 0 aromatic heterocycles.